The lowest BCUT2D eigenvalue weighted by atomic mass is 10.2. The maximum atomic E-state index is 12.4. The van der Waals surface area contributed by atoms with Crippen LogP contribution in [0.1, 0.15) is 0 Å². The quantitative estimate of drug-likeness (QED) is 0.812. The summed E-state index contributed by atoms with van der Waals surface area (Å²) < 4.78 is 5.97. The number of hydrogen-bond acceptors (Lipinski definition) is 6. The molecule has 0 unspecified atom stereocenters. The van der Waals surface area contributed by atoms with Crippen molar-refractivity contribution in [1.82, 2.24) is 14.9 Å². The van der Waals surface area contributed by atoms with Gasteiger partial charge < -0.3 is 24.6 Å². The molecule has 3 rings (SSSR count). The van der Waals surface area contributed by atoms with Crippen molar-refractivity contribution in [1.29, 1.82) is 0 Å². The maximum absolute atomic E-state index is 12.4. The second-order valence-corrected chi connectivity index (χ2v) is 5.59. The van der Waals surface area contributed by atoms with Gasteiger partial charge in [0.05, 0.1) is 16.6 Å². The predicted octanol–water partition coefficient (Wildman–Crippen LogP) is 1.62. The largest absolute Gasteiger partial charge is 0.511 e. The first-order chi connectivity index (χ1) is 11.5. The van der Waals surface area contributed by atoms with Gasteiger partial charge in [-0.05, 0) is 6.07 Å². The highest BCUT2D eigenvalue weighted by molar-refractivity contribution is 6.33. The first-order valence-electron chi connectivity index (χ1n) is 7.25. The van der Waals surface area contributed by atoms with Crippen molar-refractivity contribution in [2.75, 3.05) is 31.1 Å². The number of carboxylic acid groups (broad SMARTS) is 1. The molecule has 0 saturated carbocycles. The van der Waals surface area contributed by atoms with Crippen LogP contribution in [0, 0.1) is 0 Å². The normalized spacial score (nSPS) is 14.6. The van der Waals surface area contributed by atoms with Crippen LogP contribution in [0.15, 0.2) is 23.6 Å². The molecule has 1 aliphatic heterocycles. The third-order valence-electron chi connectivity index (χ3n) is 3.72. The van der Waals surface area contributed by atoms with Gasteiger partial charge in [-0.15, -0.1) is 0 Å². The molecule has 3 heterocycles. The zero-order chi connectivity index (χ0) is 17.3. The SMILES string of the molecule is C=Cn1cc(OC(=O)O)c(=O)c2cc(Cl)c(N3CCNCC3)nc21. The van der Waals surface area contributed by atoms with Crippen LogP contribution in [-0.2, 0) is 0 Å². The molecular formula is C15H15ClN4O4. The predicted molar refractivity (Wildman–Crippen MR) is 91.1 cm³/mol. The van der Waals surface area contributed by atoms with Crippen LogP contribution < -0.4 is 20.4 Å². The Bertz CT molecular complexity index is 874. The minimum atomic E-state index is -1.57. The van der Waals surface area contributed by atoms with Gasteiger partial charge in [0, 0.05) is 32.4 Å². The second-order valence-electron chi connectivity index (χ2n) is 5.18. The molecule has 9 heteroatoms. The number of carbonyl (C=O) groups is 1. The average molecular weight is 351 g/mol. The molecule has 126 valence electrons. The summed E-state index contributed by atoms with van der Waals surface area (Å²) >= 11 is 6.31. The topological polar surface area (TPSA) is 96.7 Å². The van der Waals surface area contributed by atoms with Crippen molar-refractivity contribution in [2.24, 2.45) is 0 Å². The van der Waals surface area contributed by atoms with Crippen molar-refractivity contribution in [2.45, 2.75) is 0 Å². The molecule has 0 atom stereocenters. The molecule has 0 spiro atoms. The van der Waals surface area contributed by atoms with Crippen molar-refractivity contribution < 1.29 is 14.6 Å². The number of ether oxygens (including phenoxy) is 1. The van der Waals surface area contributed by atoms with Crippen LogP contribution >= 0.6 is 11.6 Å². The number of rotatable bonds is 3. The van der Waals surface area contributed by atoms with Crippen LogP contribution in [-0.4, -0.2) is 47.0 Å². The Balaban J connectivity index is 2.20. The molecule has 0 radical (unpaired) electrons. The number of fused-ring (bicyclic) bond motifs is 1. The van der Waals surface area contributed by atoms with Crippen molar-refractivity contribution in [3.05, 3.63) is 34.1 Å². The highest BCUT2D eigenvalue weighted by Gasteiger charge is 2.19. The van der Waals surface area contributed by atoms with Crippen molar-refractivity contribution in [3.8, 4) is 5.75 Å². The number of pyridine rings is 2. The van der Waals surface area contributed by atoms with Crippen molar-refractivity contribution in [3.63, 3.8) is 0 Å². The molecule has 2 N–H and O–H groups in total. The Morgan fingerprint density at radius 1 is 1.46 bits per heavy atom. The van der Waals surface area contributed by atoms with Crippen LogP contribution in [0.5, 0.6) is 5.75 Å². The minimum absolute atomic E-state index is 0.164. The molecule has 1 fully saturated rings. The lowest BCUT2D eigenvalue weighted by Gasteiger charge is -2.29. The van der Waals surface area contributed by atoms with E-state index in [0.717, 1.165) is 26.2 Å². The molecule has 0 aliphatic carbocycles. The fourth-order valence-electron chi connectivity index (χ4n) is 2.62. The van der Waals surface area contributed by atoms with E-state index in [2.05, 4.69) is 21.6 Å². The van der Waals surface area contributed by atoms with Gasteiger partial charge in [0.2, 0.25) is 5.43 Å². The third-order valence-corrected chi connectivity index (χ3v) is 4.00. The summed E-state index contributed by atoms with van der Waals surface area (Å²) in [6, 6.07) is 1.48. The van der Waals surface area contributed by atoms with Crippen LogP contribution in [0.25, 0.3) is 17.2 Å². The van der Waals surface area contributed by atoms with Gasteiger partial charge in [-0.1, -0.05) is 18.2 Å². The van der Waals surface area contributed by atoms with Crippen molar-refractivity contribution >= 4 is 40.8 Å². The van der Waals surface area contributed by atoms with Gasteiger partial charge in [-0.3, -0.25) is 4.79 Å². The molecule has 24 heavy (non-hydrogen) atoms. The number of halogens is 1. The van der Waals surface area contributed by atoms with E-state index < -0.39 is 11.6 Å². The molecule has 0 aromatic carbocycles. The van der Waals surface area contributed by atoms with Gasteiger partial charge in [0.25, 0.3) is 0 Å². The summed E-state index contributed by atoms with van der Waals surface area (Å²) in [5.74, 6) is 0.246. The van der Waals surface area contributed by atoms with Gasteiger partial charge >= 0.3 is 6.16 Å². The van der Waals surface area contributed by atoms with E-state index in [9.17, 15) is 9.59 Å². The lowest BCUT2D eigenvalue weighted by molar-refractivity contribution is 0.144. The van der Waals surface area contributed by atoms with E-state index in [-0.39, 0.29) is 11.1 Å². The summed E-state index contributed by atoms with van der Waals surface area (Å²) in [6.45, 7) is 6.78. The number of nitrogens with zero attached hydrogens (tertiary/aromatic N) is 3. The fraction of sp³-hybridized carbons (Fsp3) is 0.267. The first-order valence-corrected chi connectivity index (χ1v) is 7.63. The Morgan fingerprint density at radius 3 is 2.79 bits per heavy atom. The number of hydrogen-bond donors (Lipinski definition) is 2. The number of piperazine rings is 1. The summed E-state index contributed by atoms with van der Waals surface area (Å²) in [7, 11) is 0. The highest BCUT2D eigenvalue weighted by atomic mass is 35.5. The molecule has 8 nitrogen and oxygen atoms in total. The van der Waals surface area contributed by atoms with Gasteiger partial charge in [0.1, 0.15) is 5.82 Å². The van der Waals surface area contributed by atoms with E-state index in [1.54, 1.807) is 0 Å². The molecule has 1 saturated heterocycles. The van der Waals surface area contributed by atoms with E-state index >= 15 is 0 Å². The van der Waals surface area contributed by atoms with E-state index in [1.807, 2.05) is 4.90 Å². The van der Waals surface area contributed by atoms with Crippen LogP contribution in [0.3, 0.4) is 0 Å². The Kier molecular flexibility index (Phi) is 4.41. The standard InChI is InChI=1S/C15H15ClN4O4/c1-2-19-8-11(24-15(22)23)12(21)9-7-10(16)14(18-13(9)19)20-5-3-17-4-6-20/h2,7-8,17H,1,3-6H2,(H,22,23). The molecule has 0 amide bonds. The molecule has 2 aromatic rings. The number of aromatic nitrogens is 2. The first kappa shape index (κ1) is 16.3. The Labute approximate surface area is 141 Å². The number of anilines is 1. The monoisotopic (exact) mass is 350 g/mol. The van der Waals surface area contributed by atoms with Crippen LogP contribution in [0.2, 0.25) is 5.02 Å². The van der Waals surface area contributed by atoms with Crippen LogP contribution in [0.4, 0.5) is 10.6 Å². The molecule has 1 aliphatic rings. The minimum Gasteiger partial charge on any atom is -0.449 e. The van der Waals surface area contributed by atoms with E-state index in [1.165, 1.54) is 23.0 Å². The zero-order valence-corrected chi connectivity index (χ0v) is 13.4. The fourth-order valence-corrected chi connectivity index (χ4v) is 2.89. The summed E-state index contributed by atoms with van der Waals surface area (Å²) in [6.07, 6.45) is 1.09. The smallest absolute Gasteiger partial charge is 0.449 e. The van der Waals surface area contributed by atoms with E-state index in [4.69, 9.17) is 16.7 Å². The summed E-state index contributed by atoms with van der Waals surface area (Å²) in [4.78, 5) is 29.7. The second kappa shape index (κ2) is 6.50. The molecule has 0 bridgehead atoms. The maximum Gasteiger partial charge on any atom is 0.511 e. The average Bonchev–Trinajstić information content (AvgIpc) is 2.57. The lowest BCUT2D eigenvalue weighted by Crippen LogP contribution is -2.44. The van der Waals surface area contributed by atoms with Gasteiger partial charge in [-0.2, -0.15) is 0 Å². The van der Waals surface area contributed by atoms with Gasteiger partial charge in [-0.25, -0.2) is 9.78 Å². The summed E-state index contributed by atoms with van der Waals surface area (Å²) in [5.41, 5.74) is -0.252. The number of nitrogens with one attached hydrogen (secondary N) is 1. The third kappa shape index (κ3) is 2.93. The zero-order valence-electron chi connectivity index (χ0n) is 12.7. The Morgan fingerprint density at radius 2 is 2.17 bits per heavy atom. The van der Waals surface area contributed by atoms with Gasteiger partial charge in [0.15, 0.2) is 11.4 Å². The molecule has 2 aromatic heterocycles. The summed E-state index contributed by atoms with van der Waals surface area (Å²) in [5, 5.41) is 12.5. The molecular weight excluding hydrogens is 336 g/mol. The highest BCUT2D eigenvalue weighted by Crippen LogP contribution is 2.28. The van der Waals surface area contributed by atoms with E-state index in [0.29, 0.717) is 16.5 Å². The Hall–Kier alpha value is -2.58.